The molecule has 2 N–H and O–H groups in total. The van der Waals surface area contributed by atoms with Gasteiger partial charge in [0.15, 0.2) is 11.5 Å². The number of amides is 2. The van der Waals surface area contributed by atoms with Crippen LogP contribution in [0.15, 0.2) is 30.0 Å². The van der Waals surface area contributed by atoms with E-state index in [4.69, 9.17) is 5.11 Å². The summed E-state index contributed by atoms with van der Waals surface area (Å²) in [7, 11) is 0. The van der Waals surface area contributed by atoms with Gasteiger partial charge in [-0.15, -0.1) is 0 Å². The van der Waals surface area contributed by atoms with Crippen LogP contribution in [0, 0.1) is 5.82 Å². The van der Waals surface area contributed by atoms with Gasteiger partial charge in [-0.25, -0.2) is 9.07 Å². The first-order valence-corrected chi connectivity index (χ1v) is 9.64. The van der Waals surface area contributed by atoms with Crippen LogP contribution in [-0.2, 0) is 28.6 Å². The number of aliphatic hydroxyl groups excluding tert-OH is 1. The standard InChI is InChI=1S/C20H18F4N4O3/c21-13-9-11(25-14-10-17(30)27(7-8-29)19(14)31)5-6-16(13)28-15-4-2-1-3-12(15)18(26-28)20(22,23)24/h5-6,9-10,25,29H,1-4,7-8H2. The summed E-state index contributed by atoms with van der Waals surface area (Å²) in [6.07, 6.45) is -1.70. The van der Waals surface area contributed by atoms with Crippen LogP contribution in [0.25, 0.3) is 5.69 Å². The minimum atomic E-state index is -4.63. The molecule has 0 spiro atoms. The van der Waals surface area contributed by atoms with Gasteiger partial charge in [-0.2, -0.15) is 18.3 Å². The molecule has 1 aliphatic carbocycles. The van der Waals surface area contributed by atoms with E-state index in [1.807, 2.05) is 0 Å². The van der Waals surface area contributed by atoms with Crippen molar-refractivity contribution in [2.75, 3.05) is 18.5 Å². The molecule has 1 aromatic carbocycles. The van der Waals surface area contributed by atoms with Crippen LogP contribution in [0.2, 0.25) is 0 Å². The van der Waals surface area contributed by atoms with Crippen LogP contribution in [0.1, 0.15) is 29.8 Å². The van der Waals surface area contributed by atoms with Crippen LogP contribution in [-0.4, -0.2) is 44.8 Å². The number of fused-ring (bicyclic) bond motifs is 1. The minimum Gasteiger partial charge on any atom is -0.395 e. The Labute approximate surface area is 173 Å². The van der Waals surface area contributed by atoms with Crippen LogP contribution < -0.4 is 5.32 Å². The summed E-state index contributed by atoms with van der Waals surface area (Å²) in [6, 6.07) is 3.68. The predicted molar refractivity (Wildman–Crippen MR) is 101 cm³/mol. The molecule has 0 unspecified atom stereocenters. The number of nitrogens with zero attached hydrogens (tertiary/aromatic N) is 3. The molecular weight excluding hydrogens is 420 g/mol. The molecule has 2 aromatic rings. The summed E-state index contributed by atoms with van der Waals surface area (Å²) in [5.74, 6) is -2.11. The summed E-state index contributed by atoms with van der Waals surface area (Å²) in [4.78, 5) is 24.8. The molecule has 2 aliphatic rings. The fourth-order valence-corrected chi connectivity index (χ4v) is 3.85. The number of rotatable bonds is 5. The number of hydrogen-bond donors (Lipinski definition) is 2. The highest BCUT2D eigenvalue weighted by molar-refractivity contribution is 6.17. The van der Waals surface area contributed by atoms with Gasteiger partial charge in [0.25, 0.3) is 11.8 Å². The van der Waals surface area contributed by atoms with Crippen LogP contribution in [0.3, 0.4) is 0 Å². The van der Waals surface area contributed by atoms with Gasteiger partial charge in [0.2, 0.25) is 0 Å². The molecular formula is C20H18F4N4O3. The van der Waals surface area contributed by atoms with E-state index < -0.39 is 36.1 Å². The normalized spacial score (nSPS) is 16.5. The van der Waals surface area contributed by atoms with E-state index in [9.17, 15) is 27.2 Å². The SMILES string of the molecule is O=C1C=C(Nc2ccc(-n3nc(C(F)(F)F)c4c3CCCC4)c(F)c2)C(=O)N1CCO. The highest BCUT2D eigenvalue weighted by atomic mass is 19.4. The van der Waals surface area contributed by atoms with Crippen LogP contribution in [0.5, 0.6) is 0 Å². The van der Waals surface area contributed by atoms with E-state index in [-0.39, 0.29) is 35.6 Å². The van der Waals surface area contributed by atoms with Gasteiger partial charge in [-0.1, -0.05) is 0 Å². The minimum absolute atomic E-state index is 0.0959. The second-order valence-electron chi connectivity index (χ2n) is 7.26. The number of nitrogens with one attached hydrogen (secondary N) is 1. The number of aromatic nitrogens is 2. The molecule has 164 valence electrons. The molecule has 11 heteroatoms. The molecule has 4 rings (SSSR count). The Morgan fingerprint density at radius 3 is 2.58 bits per heavy atom. The van der Waals surface area contributed by atoms with Gasteiger partial charge in [0, 0.05) is 23.0 Å². The number of hydrogen-bond acceptors (Lipinski definition) is 5. The number of β-amino-alcohol motifs (C(OH)–C–C–N with tert-alkyl or cyclic N) is 1. The lowest BCUT2D eigenvalue weighted by Gasteiger charge is -2.16. The van der Waals surface area contributed by atoms with Crippen molar-refractivity contribution in [2.24, 2.45) is 0 Å². The molecule has 1 aliphatic heterocycles. The average Bonchev–Trinajstić information content (AvgIpc) is 3.22. The van der Waals surface area contributed by atoms with Gasteiger partial charge in [0.05, 0.1) is 13.2 Å². The number of benzene rings is 1. The number of carbonyl (C=O) groups is 2. The second kappa shape index (κ2) is 7.80. The van der Waals surface area contributed by atoms with E-state index in [1.54, 1.807) is 0 Å². The van der Waals surface area contributed by atoms with Gasteiger partial charge < -0.3 is 10.4 Å². The van der Waals surface area contributed by atoms with Gasteiger partial charge in [0.1, 0.15) is 11.4 Å². The Morgan fingerprint density at radius 1 is 1.16 bits per heavy atom. The van der Waals surface area contributed by atoms with Crippen molar-refractivity contribution in [3.05, 3.63) is 52.7 Å². The van der Waals surface area contributed by atoms with Crippen molar-refractivity contribution in [1.82, 2.24) is 14.7 Å². The van der Waals surface area contributed by atoms with Crippen molar-refractivity contribution in [3.8, 4) is 5.69 Å². The highest BCUT2D eigenvalue weighted by Crippen LogP contribution is 2.37. The van der Waals surface area contributed by atoms with Crippen molar-refractivity contribution in [2.45, 2.75) is 31.9 Å². The molecule has 0 saturated heterocycles. The zero-order valence-electron chi connectivity index (χ0n) is 16.2. The molecule has 31 heavy (non-hydrogen) atoms. The maximum absolute atomic E-state index is 14.9. The van der Waals surface area contributed by atoms with E-state index in [1.165, 1.54) is 12.1 Å². The predicted octanol–water partition coefficient (Wildman–Crippen LogP) is 2.57. The van der Waals surface area contributed by atoms with E-state index in [0.717, 1.165) is 21.7 Å². The number of halogens is 4. The molecule has 0 fully saturated rings. The molecule has 2 heterocycles. The number of imide groups is 1. The van der Waals surface area contributed by atoms with Crippen molar-refractivity contribution < 1.29 is 32.3 Å². The Kier molecular flexibility index (Phi) is 5.29. The van der Waals surface area contributed by atoms with E-state index in [0.29, 0.717) is 25.0 Å². The zero-order valence-corrected chi connectivity index (χ0v) is 16.2. The summed E-state index contributed by atoms with van der Waals surface area (Å²) in [6.45, 7) is -0.561. The molecule has 0 atom stereocenters. The van der Waals surface area contributed by atoms with Crippen molar-refractivity contribution in [1.29, 1.82) is 0 Å². The average molecular weight is 438 g/mol. The van der Waals surface area contributed by atoms with Gasteiger partial charge >= 0.3 is 6.18 Å². The maximum atomic E-state index is 14.9. The summed E-state index contributed by atoms with van der Waals surface area (Å²) < 4.78 is 56.0. The van der Waals surface area contributed by atoms with Crippen LogP contribution >= 0.6 is 0 Å². The summed E-state index contributed by atoms with van der Waals surface area (Å²) in [5, 5.41) is 15.2. The Hall–Kier alpha value is -3.21. The smallest absolute Gasteiger partial charge is 0.395 e. The Morgan fingerprint density at radius 2 is 1.90 bits per heavy atom. The number of alkyl halides is 3. The van der Waals surface area contributed by atoms with Crippen molar-refractivity contribution in [3.63, 3.8) is 0 Å². The van der Waals surface area contributed by atoms with Gasteiger partial charge in [-0.05, 0) is 43.9 Å². The topological polar surface area (TPSA) is 87.5 Å². The molecule has 0 saturated carbocycles. The first kappa shape index (κ1) is 21.0. The van der Waals surface area contributed by atoms with E-state index >= 15 is 0 Å². The fraction of sp³-hybridized carbons (Fsp3) is 0.350. The quantitative estimate of drug-likeness (QED) is 0.554. The Bertz CT molecular complexity index is 1090. The fourth-order valence-electron chi connectivity index (χ4n) is 3.85. The molecule has 0 bridgehead atoms. The number of anilines is 1. The first-order chi connectivity index (χ1) is 14.7. The third-order valence-corrected chi connectivity index (χ3v) is 5.24. The highest BCUT2D eigenvalue weighted by Gasteiger charge is 2.40. The third-order valence-electron chi connectivity index (χ3n) is 5.24. The third kappa shape index (κ3) is 3.80. The summed E-state index contributed by atoms with van der Waals surface area (Å²) >= 11 is 0. The van der Waals surface area contributed by atoms with Gasteiger partial charge in [-0.3, -0.25) is 14.5 Å². The lowest BCUT2D eigenvalue weighted by molar-refractivity contribution is -0.142. The molecule has 1 aromatic heterocycles. The maximum Gasteiger partial charge on any atom is 0.435 e. The number of aliphatic hydroxyl groups is 1. The second-order valence-corrected chi connectivity index (χ2v) is 7.26. The largest absolute Gasteiger partial charge is 0.435 e. The van der Waals surface area contributed by atoms with Crippen molar-refractivity contribution >= 4 is 17.5 Å². The first-order valence-electron chi connectivity index (χ1n) is 9.64. The molecule has 0 radical (unpaired) electrons. The van der Waals surface area contributed by atoms with E-state index in [2.05, 4.69) is 10.4 Å². The van der Waals surface area contributed by atoms with Crippen LogP contribution in [0.4, 0.5) is 23.2 Å². The molecule has 7 nitrogen and oxygen atoms in total. The number of carbonyl (C=O) groups excluding carboxylic acids is 2. The lowest BCUT2D eigenvalue weighted by Crippen LogP contribution is -2.34. The summed E-state index contributed by atoms with van der Waals surface area (Å²) in [5.41, 5.74) is -0.642. The lowest BCUT2D eigenvalue weighted by atomic mass is 9.95. The Balaban J connectivity index is 1.64. The monoisotopic (exact) mass is 438 g/mol. The molecule has 2 amide bonds. The zero-order chi connectivity index (χ0) is 22.3.